The van der Waals surface area contributed by atoms with Crippen LogP contribution in [0.5, 0.6) is 0 Å². The number of ether oxygens (including phenoxy) is 1. The Bertz CT molecular complexity index is 1050. The number of hydrogen-bond donors (Lipinski definition) is 3. The van der Waals surface area contributed by atoms with Crippen LogP contribution in [-0.4, -0.2) is 42.3 Å². The molecule has 0 spiro atoms. The Kier molecular flexibility index (Phi) is 8.28. The molecule has 2 aromatic carbocycles. The minimum atomic E-state index is -0.835. The van der Waals surface area contributed by atoms with Crippen LogP contribution < -0.4 is 10.6 Å². The highest BCUT2D eigenvalue weighted by Crippen LogP contribution is 2.45. The van der Waals surface area contributed by atoms with Crippen molar-refractivity contribution in [1.29, 1.82) is 0 Å². The van der Waals surface area contributed by atoms with Crippen LogP contribution in [0.15, 0.2) is 48.5 Å². The zero-order valence-corrected chi connectivity index (χ0v) is 20.9. The SMILES string of the molecule is CC(CCCNC(=O)CC1(CC(=O)O)CCCC1)NC(=O)OCC1c2ccccc2-c2ccccc21. The lowest BCUT2D eigenvalue weighted by Gasteiger charge is -2.26. The van der Waals surface area contributed by atoms with Gasteiger partial charge < -0.3 is 20.5 Å². The molecule has 0 radical (unpaired) electrons. The smallest absolute Gasteiger partial charge is 0.407 e. The fraction of sp³-hybridized carbons (Fsp3) is 0.483. The zero-order chi connectivity index (χ0) is 25.5. The van der Waals surface area contributed by atoms with E-state index in [4.69, 9.17) is 4.74 Å². The number of carbonyl (C=O) groups is 3. The third-order valence-electron chi connectivity index (χ3n) is 7.57. The molecule has 1 atom stereocenters. The Labute approximate surface area is 212 Å². The molecule has 4 rings (SSSR count). The van der Waals surface area contributed by atoms with Crippen molar-refractivity contribution in [2.24, 2.45) is 5.41 Å². The van der Waals surface area contributed by atoms with Gasteiger partial charge in [0.2, 0.25) is 5.91 Å². The van der Waals surface area contributed by atoms with E-state index in [9.17, 15) is 19.5 Å². The van der Waals surface area contributed by atoms with Crippen LogP contribution in [0.25, 0.3) is 11.1 Å². The molecule has 2 amide bonds. The Morgan fingerprint density at radius 3 is 2.22 bits per heavy atom. The normalized spacial score (nSPS) is 16.6. The van der Waals surface area contributed by atoms with Crippen LogP contribution in [-0.2, 0) is 14.3 Å². The molecule has 7 heteroatoms. The number of hydrogen-bond acceptors (Lipinski definition) is 4. The van der Waals surface area contributed by atoms with E-state index in [0.29, 0.717) is 19.4 Å². The molecule has 1 saturated carbocycles. The molecular weight excluding hydrogens is 456 g/mol. The van der Waals surface area contributed by atoms with Gasteiger partial charge in [-0.1, -0.05) is 61.4 Å². The van der Waals surface area contributed by atoms with Gasteiger partial charge in [0.15, 0.2) is 0 Å². The van der Waals surface area contributed by atoms with Gasteiger partial charge >= 0.3 is 12.1 Å². The first-order valence-electron chi connectivity index (χ1n) is 13.0. The first kappa shape index (κ1) is 25.7. The highest BCUT2D eigenvalue weighted by molar-refractivity contribution is 5.79. The molecule has 0 bridgehead atoms. The molecule has 3 N–H and O–H groups in total. The Morgan fingerprint density at radius 2 is 1.61 bits per heavy atom. The number of fused-ring (bicyclic) bond motifs is 3. The maximum Gasteiger partial charge on any atom is 0.407 e. The Hall–Kier alpha value is -3.35. The number of carboxylic acid groups (broad SMARTS) is 1. The summed E-state index contributed by atoms with van der Waals surface area (Å²) in [5, 5.41) is 15.0. The van der Waals surface area contributed by atoms with Crippen molar-refractivity contribution in [3.63, 3.8) is 0 Å². The predicted molar refractivity (Wildman–Crippen MR) is 138 cm³/mol. The molecule has 0 aromatic heterocycles. The van der Waals surface area contributed by atoms with Gasteiger partial charge in [-0.15, -0.1) is 0 Å². The second kappa shape index (κ2) is 11.6. The van der Waals surface area contributed by atoms with Gasteiger partial charge in [-0.2, -0.15) is 0 Å². The van der Waals surface area contributed by atoms with Gasteiger partial charge in [0.1, 0.15) is 6.61 Å². The van der Waals surface area contributed by atoms with Crippen molar-refractivity contribution in [3.8, 4) is 11.1 Å². The van der Waals surface area contributed by atoms with Crippen LogP contribution in [0.4, 0.5) is 4.79 Å². The third kappa shape index (κ3) is 6.25. The fourth-order valence-electron chi connectivity index (χ4n) is 5.81. The molecule has 192 valence electrons. The second-order valence-electron chi connectivity index (χ2n) is 10.3. The van der Waals surface area contributed by atoms with Crippen molar-refractivity contribution in [2.45, 2.75) is 70.3 Å². The lowest BCUT2D eigenvalue weighted by molar-refractivity contribution is -0.140. The summed E-state index contributed by atoms with van der Waals surface area (Å²) in [6.45, 7) is 2.70. The largest absolute Gasteiger partial charge is 0.481 e. The number of nitrogens with one attached hydrogen (secondary N) is 2. The monoisotopic (exact) mass is 492 g/mol. The predicted octanol–water partition coefficient (Wildman–Crippen LogP) is 5.24. The molecule has 7 nitrogen and oxygen atoms in total. The molecule has 0 aliphatic heterocycles. The highest BCUT2D eigenvalue weighted by atomic mass is 16.5. The lowest BCUT2D eigenvalue weighted by Crippen LogP contribution is -2.35. The molecule has 2 aliphatic rings. The van der Waals surface area contributed by atoms with E-state index in [0.717, 1.165) is 25.7 Å². The number of carboxylic acids is 1. The first-order valence-corrected chi connectivity index (χ1v) is 13.0. The minimum Gasteiger partial charge on any atom is -0.481 e. The average molecular weight is 493 g/mol. The maximum atomic E-state index is 12.4. The number of alkyl carbamates (subject to hydrolysis) is 1. The fourth-order valence-corrected chi connectivity index (χ4v) is 5.81. The van der Waals surface area contributed by atoms with Crippen molar-refractivity contribution in [2.75, 3.05) is 13.2 Å². The molecule has 1 fully saturated rings. The van der Waals surface area contributed by atoms with Crippen LogP contribution in [0, 0.1) is 5.41 Å². The van der Waals surface area contributed by atoms with E-state index in [2.05, 4.69) is 34.9 Å². The molecule has 0 heterocycles. The topological polar surface area (TPSA) is 105 Å². The van der Waals surface area contributed by atoms with Crippen LogP contribution in [0.2, 0.25) is 0 Å². The zero-order valence-electron chi connectivity index (χ0n) is 20.9. The average Bonchev–Trinajstić information content (AvgIpc) is 3.42. The van der Waals surface area contributed by atoms with Crippen LogP contribution >= 0.6 is 0 Å². The summed E-state index contributed by atoms with van der Waals surface area (Å²) >= 11 is 0. The van der Waals surface area contributed by atoms with Gasteiger partial charge in [-0.3, -0.25) is 9.59 Å². The van der Waals surface area contributed by atoms with E-state index in [1.165, 1.54) is 22.3 Å². The van der Waals surface area contributed by atoms with E-state index >= 15 is 0 Å². The molecule has 2 aromatic rings. The minimum absolute atomic E-state index is 0.0259. The van der Waals surface area contributed by atoms with Gasteiger partial charge in [-0.25, -0.2) is 4.79 Å². The van der Waals surface area contributed by atoms with Crippen molar-refractivity contribution in [3.05, 3.63) is 59.7 Å². The standard InChI is InChI=1S/C29H36N2O5/c1-20(9-8-16-30-26(32)17-29(18-27(33)34)14-6-7-15-29)31-28(35)36-19-25-23-12-4-2-10-21(23)22-11-3-5-13-24(22)25/h2-5,10-13,20,25H,6-9,14-19H2,1H3,(H,30,32)(H,31,35)(H,33,34). The van der Waals surface area contributed by atoms with Gasteiger partial charge in [-0.05, 0) is 60.3 Å². The number of rotatable bonds is 11. The molecule has 0 saturated heterocycles. The van der Waals surface area contributed by atoms with E-state index in [1.54, 1.807) is 0 Å². The second-order valence-corrected chi connectivity index (χ2v) is 10.3. The van der Waals surface area contributed by atoms with E-state index < -0.39 is 17.5 Å². The number of aliphatic carboxylic acids is 1. The highest BCUT2D eigenvalue weighted by Gasteiger charge is 2.37. The van der Waals surface area contributed by atoms with Gasteiger partial charge in [0, 0.05) is 24.9 Å². The first-order chi connectivity index (χ1) is 17.4. The van der Waals surface area contributed by atoms with Gasteiger partial charge in [0.05, 0.1) is 6.42 Å². The van der Waals surface area contributed by atoms with Crippen molar-refractivity contribution < 1.29 is 24.2 Å². The van der Waals surface area contributed by atoms with Gasteiger partial charge in [0.25, 0.3) is 0 Å². The summed E-state index contributed by atoms with van der Waals surface area (Å²) < 4.78 is 5.60. The quantitative estimate of drug-likeness (QED) is 0.372. The van der Waals surface area contributed by atoms with Crippen LogP contribution in [0.1, 0.15) is 75.3 Å². The van der Waals surface area contributed by atoms with E-state index in [1.807, 2.05) is 31.2 Å². The molecular formula is C29H36N2O5. The summed E-state index contributed by atoms with van der Waals surface area (Å²) in [7, 11) is 0. The molecule has 2 aliphatic carbocycles. The summed E-state index contributed by atoms with van der Waals surface area (Å²) in [6.07, 6.45) is 4.87. The van der Waals surface area contributed by atoms with Crippen molar-refractivity contribution >= 4 is 18.0 Å². The summed E-state index contributed by atoms with van der Waals surface area (Å²) in [5.74, 6) is -0.897. The number of amides is 2. The van der Waals surface area contributed by atoms with Crippen LogP contribution in [0.3, 0.4) is 0 Å². The summed E-state index contributed by atoms with van der Waals surface area (Å²) in [4.78, 5) is 36.1. The Morgan fingerprint density at radius 1 is 1.00 bits per heavy atom. The lowest BCUT2D eigenvalue weighted by atomic mass is 9.79. The maximum absolute atomic E-state index is 12.4. The van der Waals surface area contributed by atoms with Crippen molar-refractivity contribution in [1.82, 2.24) is 10.6 Å². The summed E-state index contributed by atoms with van der Waals surface area (Å²) in [5.41, 5.74) is 4.35. The summed E-state index contributed by atoms with van der Waals surface area (Å²) in [6, 6.07) is 16.4. The van der Waals surface area contributed by atoms with E-state index in [-0.39, 0.29) is 37.3 Å². The third-order valence-corrected chi connectivity index (χ3v) is 7.57. The molecule has 1 unspecified atom stereocenters. The number of carbonyl (C=O) groups excluding carboxylic acids is 2. The Balaban J connectivity index is 1.17. The molecule has 36 heavy (non-hydrogen) atoms. The number of benzene rings is 2.